The number of amides is 1. The number of hydrogen-bond acceptors (Lipinski definition) is 3. The number of carbonyl (C=O) groups is 1. The lowest BCUT2D eigenvalue weighted by Gasteiger charge is -2.15. The maximum Gasteiger partial charge on any atom is 0.265 e. The molecular formula is C15H14BrFN2O2. The molecule has 3 N–H and O–H groups in total. The lowest BCUT2D eigenvalue weighted by atomic mass is 10.2. The Morgan fingerprint density at radius 1 is 1.33 bits per heavy atom. The highest BCUT2D eigenvalue weighted by molar-refractivity contribution is 9.10. The third kappa shape index (κ3) is 4.19. The van der Waals surface area contributed by atoms with Gasteiger partial charge in [0.05, 0.1) is 11.4 Å². The molecule has 0 aliphatic rings. The highest BCUT2D eigenvalue weighted by atomic mass is 79.9. The Hall–Kier alpha value is -2.08. The van der Waals surface area contributed by atoms with E-state index in [-0.39, 0.29) is 11.7 Å². The number of hydrogen-bond donors (Lipinski definition) is 2. The summed E-state index contributed by atoms with van der Waals surface area (Å²) in [5, 5.41) is 2.67. The van der Waals surface area contributed by atoms with Crippen molar-refractivity contribution in [1.29, 1.82) is 0 Å². The van der Waals surface area contributed by atoms with Crippen molar-refractivity contribution in [3.63, 3.8) is 0 Å². The molecule has 0 saturated carbocycles. The van der Waals surface area contributed by atoms with Crippen LogP contribution in [-0.2, 0) is 4.79 Å². The van der Waals surface area contributed by atoms with Crippen LogP contribution in [0, 0.1) is 5.82 Å². The standard InChI is InChI=1S/C15H14BrFN2O2/c1-9(21-12-7-10(16)6-11(17)8-12)15(20)19-14-5-3-2-4-13(14)18/h2-9H,18H2,1H3,(H,19,20). The summed E-state index contributed by atoms with van der Waals surface area (Å²) in [4.78, 5) is 12.0. The van der Waals surface area contributed by atoms with Crippen LogP contribution in [0.5, 0.6) is 5.75 Å². The molecule has 0 aliphatic heterocycles. The smallest absolute Gasteiger partial charge is 0.265 e. The van der Waals surface area contributed by atoms with Crippen LogP contribution in [-0.4, -0.2) is 12.0 Å². The number of nitrogens with two attached hydrogens (primary N) is 1. The van der Waals surface area contributed by atoms with Gasteiger partial charge in [0.2, 0.25) is 0 Å². The Bertz CT molecular complexity index is 644. The predicted molar refractivity (Wildman–Crippen MR) is 83.7 cm³/mol. The summed E-state index contributed by atoms with van der Waals surface area (Å²) in [6.07, 6.45) is -0.793. The fourth-order valence-corrected chi connectivity index (χ4v) is 2.14. The molecule has 2 aromatic carbocycles. The van der Waals surface area contributed by atoms with Crippen molar-refractivity contribution >= 4 is 33.2 Å². The molecule has 0 radical (unpaired) electrons. The van der Waals surface area contributed by atoms with Crippen molar-refractivity contribution in [1.82, 2.24) is 0 Å². The third-order valence-corrected chi connectivity index (χ3v) is 3.19. The van der Waals surface area contributed by atoms with Crippen LogP contribution in [0.2, 0.25) is 0 Å². The molecule has 0 fully saturated rings. The molecule has 0 heterocycles. The second-order valence-corrected chi connectivity index (χ2v) is 5.36. The molecule has 1 unspecified atom stereocenters. The van der Waals surface area contributed by atoms with E-state index in [0.29, 0.717) is 15.8 Å². The van der Waals surface area contributed by atoms with Gasteiger partial charge in [-0.3, -0.25) is 4.79 Å². The van der Waals surface area contributed by atoms with Crippen LogP contribution in [0.3, 0.4) is 0 Å². The largest absolute Gasteiger partial charge is 0.481 e. The van der Waals surface area contributed by atoms with Crippen LogP contribution in [0.1, 0.15) is 6.92 Å². The van der Waals surface area contributed by atoms with Crippen LogP contribution >= 0.6 is 15.9 Å². The first kappa shape index (κ1) is 15.3. The second-order valence-electron chi connectivity index (χ2n) is 4.44. The summed E-state index contributed by atoms with van der Waals surface area (Å²) >= 11 is 3.17. The minimum atomic E-state index is -0.793. The zero-order valence-corrected chi connectivity index (χ0v) is 12.9. The molecule has 6 heteroatoms. The number of anilines is 2. The van der Waals surface area contributed by atoms with Crippen LogP contribution in [0.15, 0.2) is 46.9 Å². The van der Waals surface area contributed by atoms with Crippen LogP contribution in [0.25, 0.3) is 0 Å². The second kappa shape index (κ2) is 6.58. The molecule has 110 valence electrons. The molecule has 2 aromatic rings. The fourth-order valence-electron chi connectivity index (χ4n) is 1.70. The number of carbonyl (C=O) groups excluding carboxylic acids is 1. The highest BCUT2D eigenvalue weighted by Crippen LogP contribution is 2.22. The lowest BCUT2D eigenvalue weighted by Crippen LogP contribution is -2.30. The van der Waals surface area contributed by atoms with E-state index in [1.165, 1.54) is 12.1 Å². The van der Waals surface area contributed by atoms with E-state index < -0.39 is 11.9 Å². The van der Waals surface area contributed by atoms with Gasteiger partial charge in [-0.05, 0) is 31.2 Å². The number of benzene rings is 2. The average molecular weight is 353 g/mol. The van der Waals surface area contributed by atoms with Gasteiger partial charge in [0.25, 0.3) is 5.91 Å². The average Bonchev–Trinajstić information content (AvgIpc) is 2.40. The minimum absolute atomic E-state index is 0.269. The molecule has 0 bridgehead atoms. The van der Waals surface area contributed by atoms with Crippen LogP contribution in [0.4, 0.5) is 15.8 Å². The number of ether oxygens (including phenoxy) is 1. The van der Waals surface area contributed by atoms with E-state index in [1.807, 2.05) is 0 Å². The quantitative estimate of drug-likeness (QED) is 0.826. The predicted octanol–water partition coefficient (Wildman–Crippen LogP) is 3.58. The van der Waals surface area contributed by atoms with Crippen molar-refractivity contribution in [3.8, 4) is 5.75 Å². The molecule has 1 amide bonds. The van der Waals surface area contributed by atoms with Crippen molar-refractivity contribution in [2.45, 2.75) is 13.0 Å². The van der Waals surface area contributed by atoms with Crippen molar-refractivity contribution < 1.29 is 13.9 Å². The Morgan fingerprint density at radius 2 is 2.05 bits per heavy atom. The van der Waals surface area contributed by atoms with Gasteiger partial charge in [0, 0.05) is 10.5 Å². The van der Waals surface area contributed by atoms with Crippen molar-refractivity contribution in [2.75, 3.05) is 11.1 Å². The number of nitrogen functional groups attached to an aromatic ring is 1. The molecule has 21 heavy (non-hydrogen) atoms. The maximum atomic E-state index is 13.3. The molecule has 1 atom stereocenters. The van der Waals surface area contributed by atoms with Crippen molar-refractivity contribution in [2.24, 2.45) is 0 Å². The normalized spacial score (nSPS) is 11.8. The van der Waals surface area contributed by atoms with Gasteiger partial charge in [0.1, 0.15) is 11.6 Å². The number of nitrogens with one attached hydrogen (secondary N) is 1. The summed E-state index contributed by atoms with van der Waals surface area (Å²) in [6.45, 7) is 1.58. The Kier molecular flexibility index (Phi) is 4.80. The van der Waals surface area contributed by atoms with E-state index in [2.05, 4.69) is 21.2 Å². The summed E-state index contributed by atoms with van der Waals surface area (Å²) in [6, 6.07) is 11.0. The van der Waals surface area contributed by atoms with E-state index in [0.717, 1.165) is 0 Å². The summed E-state index contributed by atoms with van der Waals surface area (Å²) in [5.74, 6) is -0.543. The fraction of sp³-hybridized carbons (Fsp3) is 0.133. The zero-order chi connectivity index (χ0) is 15.4. The third-order valence-electron chi connectivity index (χ3n) is 2.74. The van der Waals surface area contributed by atoms with Gasteiger partial charge in [0.15, 0.2) is 6.10 Å². The van der Waals surface area contributed by atoms with Gasteiger partial charge >= 0.3 is 0 Å². The summed E-state index contributed by atoms with van der Waals surface area (Å²) in [7, 11) is 0. The lowest BCUT2D eigenvalue weighted by molar-refractivity contribution is -0.122. The molecule has 0 aliphatic carbocycles. The minimum Gasteiger partial charge on any atom is -0.481 e. The van der Waals surface area contributed by atoms with Gasteiger partial charge in [-0.25, -0.2) is 4.39 Å². The molecule has 0 saturated heterocycles. The van der Waals surface area contributed by atoms with E-state index >= 15 is 0 Å². The molecule has 0 spiro atoms. The van der Waals surface area contributed by atoms with E-state index in [1.54, 1.807) is 37.3 Å². The molecule has 0 aromatic heterocycles. The molecule has 2 rings (SSSR count). The SMILES string of the molecule is CC(Oc1cc(F)cc(Br)c1)C(=O)Nc1ccccc1N. The first-order valence-electron chi connectivity index (χ1n) is 6.24. The van der Waals surface area contributed by atoms with Gasteiger partial charge in [-0.2, -0.15) is 0 Å². The maximum absolute atomic E-state index is 13.3. The number of halogens is 2. The summed E-state index contributed by atoms with van der Waals surface area (Å²) < 4.78 is 19.2. The molecule has 4 nitrogen and oxygen atoms in total. The van der Waals surface area contributed by atoms with Gasteiger partial charge in [-0.15, -0.1) is 0 Å². The first-order chi connectivity index (χ1) is 9.95. The monoisotopic (exact) mass is 352 g/mol. The van der Waals surface area contributed by atoms with E-state index in [9.17, 15) is 9.18 Å². The Balaban J connectivity index is 2.04. The molecular weight excluding hydrogens is 339 g/mol. The van der Waals surface area contributed by atoms with Crippen molar-refractivity contribution in [3.05, 3.63) is 52.8 Å². The Labute approximate surface area is 130 Å². The highest BCUT2D eigenvalue weighted by Gasteiger charge is 2.16. The van der Waals surface area contributed by atoms with E-state index in [4.69, 9.17) is 10.5 Å². The first-order valence-corrected chi connectivity index (χ1v) is 7.03. The van der Waals surface area contributed by atoms with Gasteiger partial charge < -0.3 is 15.8 Å². The van der Waals surface area contributed by atoms with Gasteiger partial charge in [-0.1, -0.05) is 28.1 Å². The Morgan fingerprint density at radius 3 is 2.71 bits per heavy atom. The topological polar surface area (TPSA) is 64.3 Å². The van der Waals surface area contributed by atoms with Crippen LogP contribution < -0.4 is 15.8 Å². The zero-order valence-electron chi connectivity index (χ0n) is 11.3. The number of rotatable bonds is 4. The summed E-state index contributed by atoms with van der Waals surface area (Å²) in [5.41, 5.74) is 6.73. The number of para-hydroxylation sites is 2.